The average molecular weight is 273 g/mol. The van der Waals surface area contributed by atoms with E-state index in [1.807, 2.05) is 18.2 Å². The summed E-state index contributed by atoms with van der Waals surface area (Å²) in [5.41, 5.74) is 5.10. The second kappa shape index (κ2) is 4.46. The number of fused-ring (bicyclic) bond motifs is 1. The van der Waals surface area contributed by atoms with Crippen LogP contribution in [-0.2, 0) is 0 Å². The zero-order valence-electron chi connectivity index (χ0n) is 11.9. The lowest BCUT2D eigenvalue weighted by molar-refractivity contribution is 0.775. The zero-order valence-corrected chi connectivity index (χ0v) is 11.9. The van der Waals surface area contributed by atoms with Gasteiger partial charge < -0.3 is 4.57 Å². The van der Waals surface area contributed by atoms with E-state index < -0.39 is 0 Å². The van der Waals surface area contributed by atoms with E-state index >= 15 is 0 Å². The van der Waals surface area contributed by atoms with Crippen LogP contribution in [0, 0.1) is 18.3 Å². The molecular weight excluding hydrogens is 258 g/mol. The van der Waals surface area contributed by atoms with Gasteiger partial charge in [-0.1, -0.05) is 29.8 Å². The minimum absolute atomic E-state index is 0.555. The van der Waals surface area contributed by atoms with Gasteiger partial charge in [-0.3, -0.25) is 0 Å². The molecule has 0 unspecified atom stereocenters. The van der Waals surface area contributed by atoms with Crippen molar-refractivity contribution in [3.8, 4) is 17.5 Å². The molecule has 1 aromatic heterocycles. The first-order valence-corrected chi connectivity index (χ1v) is 7.25. The Balaban J connectivity index is 1.97. The van der Waals surface area contributed by atoms with E-state index in [4.69, 9.17) is 10.2 Å². The largest absolute Gasteiger partial charge is 0.321 e. The van der Waals surface area contributed by atoms with Gasteiger partial charge in [-0.25, -0.2) is 4.98 Å². The highest BCUT2D eigenvalue weighted by Gasteiger charge is 2.28. The van der Waals surface area contributed by atoms with Crippen LogP contribution in [0.5, 0.6) is 0 Å². The average Bonchev–Trinajstić information content (AvgIpc) is 3.27. The SMILES string of the molecule is Cc1ccc(-c2nc3cc(C#N)ccc3n2C2CC2)cc1. The smallest absolute Gasteiger partial charge is 0.141 e. The lowest BCUT2D eigenvalue weighted by Crippen LogP contribution is -1.97. The van der Waals surface area contributed by atoms with Gasteiger partial charge >= 0.3 is 0 Å². The minimum Gasteiger partial charge on any atom is -0.321 e. The molecule has 3 nitrogen and oxygen atoms in total. The molecule has 0 aliphatic heterocycles. The molecule has 4 rings (SSSR count). The maximum Gasteiger partial charge on any atom is 0.141 e. The molecule has 1 fully saturated rings. The Hall–Kier alpha value is -2.60. The van der Waals surface area contributed by atoms with Crippen molar-refractivity contribution in [2.24, 2.45) is 0 Å². The van der Waals surface area contributed by atoms with Crippen molar-refractivity contribution in [3.05, 3.63) is 53.6 Å². The maximum absolute atomic E-state index is 9.06. The molecule has 0 bridgehead atoms. The number of nitriles is 1. The monoisotopic (exact) mass is 273 g/mol. The van der Waals surface area contributed by atoms with Crippen LogP contribution < -0.4 is 0 Å². The fraction of sp³-hybridized carbons (Fsp3) is 0.222. The van der Waals surface area contributed by atoms with E-state index in [0.29, 0.717) is 11.6 Å². The van der Waals surface area contributed by atoms with Crippen molar-refractivity contribution in [1.29, 1.82) is 5.26 Å². The molecule has 1 aliphatic carbocycles. The molecule has 1 saturated carbocycles. The van der Waals surface area contributed by atoms with E-state index in [2.05, 4.69) is 41.8 Å². The maximum atomic E-state index is 9.06. The van der Waals surface area contributed by atoms with Crippen LogP contribution in [0.15, 0.2) is 42.5 Å². The Morgan fingerprint density at radius 1 is 1.14 bits per heavy atom. The molecule has 0 amide bonds. The Morgan fingerprint density at radius 3 is 2.57 bits per heavy atom. The normalized spacial score (nSPS) is 14.3. The fourth-order valence-corrected chi connectivity index (χ4v) is 2.78. The molecule has 21 heavy (non-hydrogen) atoms. The van der Waals surface area contributed by atoms with Gasteiger partial charge in [-0.15, -0.1) is 0 Å². The lowest BCUT2D eigenvalue weighted by Gasteiger charge is -2.07. The van der Waals surface area contributed by atoms with Gasteiger partial charge in [-0.2, -0.15) is 5.26 Å². The van der Waals surface area contributed by atoms with Crippen LogP contribution in [0.1, 0.15) is 30.0 Å². The van der Waals surface area contributed by atoms with Crippen LogP contribution >= 0.6 is 0 Å². The molecule has 1 heterocycles. The molecule has 0 radical (unpaired) electrons. The summed E-state index contributed by atoms with van der Waals surface area (Å²) in [5, 5.41) is 9.06. The van der Waals surface area contributed by atoms with Crippen molar-refractivity contribution in [2.45, 2.75) is 25.8 Å². The Labute approximate surface area is 123 Å². The topological polar surface area (TPSA) is 41.6 Å². The number of nitrogens with zero attached hydrogens (tertiary/aromatic N) is 3. The van der Waals surface area contributed by atoms with Crippen molar-refractivity contribution in [3.63, 3.8) is 0 Å². The van der Waals surface area contributed by atoms with Crippen LogP contribution in [0.2, 0.25) is 0 Å². The van der Waals surface area contributed by atoms with Crippen LogP contribution in [-0.4, -0.2) is 9.55 Å². The summed E-state index contributed by atoms with van der Waals surface area (Å²) < 4.78 is 2.33. The van der Waals surface area contributed by atoms with Gasteiger partial charge in [0.1, 0.15) is 5.82 Å². The number of benzene rings is 2. The first-order valence-electron chi connectivity index (χ1n) is 7.25. The van der Waals surface area contributed by atoms with Gasteiger partial charge in [0.25, 0.3) is 0 Å². The molecule has 3 aromatic rings. The third-order valence-corrected chi connectivity index (χ3v) is 4.04. The zero-order chi connectivity index (χ0) is 14.4. The highest BCUT2D eigenvalue weighted by atomic mass is 15.1. The minimum atomic E-state index is 0.555. The fourth-order valence-electron chi connectivity index (χ4n) is 2.78. The third-order valence-electron chi connectivity index (χ3n) is 4.04. The summed E-state index contributed by atoms with van der Waals surface area (Å²) in [6.45, 7) is 2.09. The van der Waals surface area contributed by atoms with E-state index in [1.165, 1.54) is 18.4 Å². The van der Waals surface area contributed by atoms with E-state index in [1.54, 1.807) is 0 Å². The summed E-state index contributed by atoms with van der Waals surface area (Å²) in [4.78, 5) is 4.79. The van der Waals surface area contributed by atoms with E-state index in [9.17, 15) is 0 Å². The van der Waals surface area contributed by atoms with Crippen LogP contribution in [0.25, 0.3) is 22.4 Å². The quantitative estimate of drug-likeness (QED) is 0.701. The molecule has 2 aromatic carbocycles. The third kappa shape index (κ3) is 2.00. The van der Waals surface area contributed by atoms with Gasteiger partial charge in [0, 0.05) is 11.6 Å². The molecule has 3 heteroatoms. The van der Waals surface area contributed by atoms with Crippen molar-refractivity contribution < 1.29 is 0 Å². The number of hydrogen-bond donors (Lipinski definition) is 0. The molecule has 1 aliphatic rings. The Kier molecular flexibility index (Phi) is 2.58. The Bertz CT molecular complexity index is 862. The standard InChI is InChI=1S/C18H15N3/c1-12-2-5-14(6-3-12)18-20-16-10-13(11-19)4-9-17(16)21(18)15-7-8-15/h2-6,9-10,15H,7-8H2,1H3. The number of hydrogen-bond acceptors (Lipinski definition) is 2. The van der Waals surface area contributed by atoms with Gasteiger partial charge in [0.15, 0.2) is 0 Å². The first-order chi connectivity index (χ1) is 10.3. The highest BCUT2D eigenvalue weighted by Crippen LogP contribution is 2.41. The van der Waals surface area contributed by atoms with Gasteiger partial charge in [-0.05, 0) is 38.0 Å². The molecule has 0 atom stereocenters. The number of aromatic nitrogens is 2. The lowest BCUT2D eigenvalue weighted by atomic mass is 10.1. The highest BCUT2D eigenvalue weighted by molar-refractivity contribution is 5.82. The molecular formula is C18H15N3. The number of rotatable bonds is 2. The summed E-state index contributed by atoms with van der Waals surface area (Å²) in [7, 11) is 0. The molecule has 0 saturated heterocycles. The summed E-state index contributed by atoms with van der Waals surface area (Å²) in [6, 6.07) is 17.0. The van der Waals surface area contributed by atoms with Crippen LogP contribution in [0.3, 0.4) is 0 Å². The van der Waals surface area contributed by atoms with E-state index in [-0.39, 0.29) is 0 Å². The van der Waals surface area contributed by atoms with Crippen molar-refractivity contribution >= 4 is 11.0 Å². The van der Waals surface area contributed by atoms with Crippen LogP contribution in [0.4, 0.5) is 0 Å². The first kappa shape index (κ1) is 12.2. The Morgan fingerprint density at radius 2 is 1.90 bits per heavy atom. The second-order valence-electron chi connectivity index (χ2n) is 5.72. The summed E-state index contributed by atoms with van der Waals surface area (Å²) in [6.07, 6.45) is 2.43. The number of imidazole rings is 1. The van der Waals surface area contributed by atoms with Crippen molar-refractivity contribution in [2.75, 3.05) is 0 Å². The van der Waals surface area contributed by atoms with Gasteiger partial charge in [0.2, 0.25) is 0 Å². The predicted octanol–water partition coefficient (Wildman–Crippen LogP) is 4.22. The van der Waals surface area contributed by atoms with E-state index in [0.717, 1.165) is 22.4 Å². The number of aryl methyl sites for hydroxylation is 1. The molecule has 0 N–H and O–H groups in total. The molecule has 0 spiro atoms. The van der Waals surface area contributed by atoms with Crippen molar-refractivity contribution in [1.82, 2.24) is 9.55 Å². The summed E-state index contributed by atoms with van der Waals surface area (Å²) >= 11 is 0. The summed E-state index contributed by atoms with van der Waals surface area (Å²) in [5.74, 6) is 1.02. The molecule has 102 valence electrons. The van der Waals surface area contributed by atoms with Gasteiger partial charge in [0.05, 0.1) is 22.7 Å². The predicted molar refractivity (Wildman–Crippen MR) is 82.9 cm³/mol. The second-order valence-corrected chi connectivity index (χ2v) is 5.72.